The molecule has 104 valence electrons. The second-order valence-electron chi connectivity index (χ2n) is 5.47. The molecule has 20 heavy (non-hydrogen) atoms. The Labute approximate surface area is 118 Å². The first-order valence-electron chi connectivity index (χ1n) is 6.89. The maximum absolute atomic E-state index is 12.4. The average Bonchev–Trinajstić information content (AvgIpc) is 2.93. The third kappa shape index (κ3) is 2.11. The van der Waals surface area contributed by atoms with Gasteiger partial charge in [0.05, 0.1) is 11.7 Å². The van der Waals surface area contributed by atoms with Crippen LogP contribution >= 0.6 is 0 Å². The summed E-state index contributed by atoms with van der Waals surface area (Å²) >= 11 is 0. The van der Waals surface area contributed by atoms with Crippen molar-refractivity contribution in [2.75, 3.05) is 0 Å². The average molecular weight is 270 g/mol. The van der Waals surface area contributed by atoms with Crippen molar-refractivity contribution in [3.8, 4) is 0 Å². The number of aromatic nitrogens is 1. The molecular formula is C16H18N2O2. The lowest BCUT2D eigenvalue weighted by Gasteiger charge is -2.14. The molecule has 0 saturated heterocycles. The number of nitrogens with one attached hydrogen (secondary N) is 1. The molecule has 0 radical (unpaired) electrons. The van der Waals surface area contributed by atoms with Crippen LogP contribution in [0.3, 0.4) is 0 Å². The molecular weight excluding hydrogens is 252 g/mol. The summed E-state index contributed by atoms with van der Waals surface area (Å²) in [5, 5.41) is 6.93. The molecule has 0 spiro atoms. The predicted molar refractivity (Wildman–Crippen MR) is 75.7 cm³/mol. The number of fused-ring (bicyclic) bond motifs is 1. The number of amides is 1. The van der Waals surface area contributed by atoms with Gasteiger partial charge in [-0.15, -0.1) is 0 Å². The zero-order chi connectivity index (χ0) is 14.3. The Hall–Kier alpha value is -2.10. The lowest BCUT2D eigenvalue weighted by Crippen LogP contribution is -2.27. The van der Waals surface area contributed by atoms with Crippen molar-refractivity contribution >= 4 is 5.91 Å². The van der Waals surface area contributed by atoms with E-state index in [4.69, 9.17) is 4.52 Å². The van der Waals surface area contributed by atoms with E-state index in [1.54, 1.807) is 13.8 Å². The van der Waals surface area contributed by atoms with Gasteiger partial charge in [0.25, 0.3) is 5.91 Å². The molecule has 0 saturated carbocycles. The van der Waals surface area contributed by atoms with Crippen LogP contribution in [-0.4, -0.2) is 11.1 Å². The Bertz CT molecular complexity index is 654. The lowest BCUT2D eigenvalue weighted by molar-refractivity contribution is 0.0934. The highest BCUT2D eigenvalue weighted by Gasteiger charge is 2.26. The molecule has 1 aliphatic carbocycles. The number of carbonyl (C=O) groups excluding carboxylic acids is 1. The maximum Gasteiger partial charge on any atom is 0.257 e. The molecule has 0 bridgehead atoms. The zero-order valence-corrected chi connectivity index (χ0v) is 12.0. The van der Waals surface area contributed by atoms with E-state index in [9.17, 15) is 4.79 Å². The highest BCUT2D eigenvalue weighted by Crippen LogP contribution is 2.32. The van der Waals surface area contributed by atoms with Crippen LogP contribution in [0.4, 0.5) is 0 Å². The Balaban J connectivity index is 1.83. The van der Waals surface area contributed by atoms with Crippen LogP contribution in [0.1, 0.15) is 51.0 Å². The summed E-state index contributed by atoms with van der Waals surface area (Å²) in [4.78, 5) is 12.4. The summed E-state index contributed by atoms with van der Waals surface area (Å²) < 4.78 is 5.06. The molecule has 1 unspecified atom stereocenters. The molecule has 0 fully saturated rings. The monoisotopic (exact) mass is 270 g/mol. The zero-order valence-electron chi connectivity index (χ0n) is 12.0. The predicted octanol–water partition coefficient (Wildman–Crippen LogP) is 3.02. The van der Waals surface area contributed by atoms with Gasteiger partial charge in [-0.1, -0.05) is 28.9 Å². The van der Waals surface area contributed by atoms with E-state index in [1.807, 2.05) is 0 Å². The van der Waals surface area contributed by atoms with Gasteiger partial charge in [0.15, 0.2) is 0 Å². The third-order valence-corrected chi connectivity index (χ3v) is 3.94. The Morgan fingerprint density at radius 1 is 1.35 bits per heavy atom. The van der Waals surface area contributed by atoms with Crippen molar-refractivity contribution in [1.29, 1.82) is 0 Å². The van der Waals surface area contributed by atoms with E-state index < -0.39 is 0 Å². The van der Waals surface area contributed by atoms with Crippen LogP contribution < -0.4 is 5.32 Å². The molecule has 1 amide bonds. The van der Waals surface area contributed by atoms with E-state index in [0.717, 1.165) is 12.8 Å². The van der Waals surface area contributed by atoms with E-state index in [2.05, 4.69) is 35.6 Å². The topological polar surface area (TPSA) is 55.1 Å². The van der Waals surface area contributed by atoms with Gasteiger partial charge >= 0.3 is 0 Å². The van der Waals surface area contributed by atoms with Gasteiger partial charge in [-0.3, -0.25) is 4.79 Å². The maximum atomic E-state index is 12.4. The van der Waals surface area contributed by atoms with Crippen LogP contribution in [0.2, 0.25) is 0 Å². The Kier molecular flexibility index (Phi) is 3.08. The van der Waals surface area contributed by atoms with Crippen LogP contribution in [0.25, 0.3) is 0 Å². The molecule has 1 N–H and O–H groups in total. The normalized spacial score (nSPS) is 17.1. The van der Waals surface area contributed by atoms with E-state index in [1.165, 1.54) is 16.7 Å². The van der Waals surface area contributed by atoms with Crippen molar-refractivity contribution in [3.63, 3.8) is 0 Å². The molecule has 3 rings (SSSR count). The third-order valence-electron chi connectivity index (χ3n) is 3.94. The molecule has 1 aromatic carbocycles. The molecule has 1 aromatic heterocycles. The number of hydrogen-bond acceptors (Lipinski definition) is 3. The summed E-state index contributed by atoms with van der Waals surface area (Å²) in [5.41, 5.74) is 5.04. The second-order valence-corrected chi connectivity index (χ2v) is 5.47. The van der Waals surface area contributed by atoms with Crippen molar-refractivity contribution in [3.05, 3.63) is 51.9 Å². The van der Waals surface area contributed by atoms with Crippen molar-refractivity contribution in [1.82, 2.24) is 10.5 Å². The summed E-state index contributed by atoms with van der Waals surface area (Å²) in [5.74, 6) is 0.474. The van der Waals surface area contributed by atoms with E-state index in [-0.39, 0.29) is 11.9 Å². The number of carbonyl (C=O) groups is 1. The van der Waals surface area contributed by atoms with Crippen molar-refractivity contribution in [2.24, 2.45) is 0 Å². The van der Waals surface area contributed by atoms with Gasteiger partial charge in [-0.2, -0.15) is 0 Å². The largest absolute Gasteiger partial charge is 0.361 e. The minimum absolute atomic E-state index is 0.0896. The van der Waals surface area contributed by atoms with Gasteiger partial charge in [-0.05, 0) is 44.7 Å². The first-order valence-corrected chi connectivity index (χ1v) is 6.89. The van der Waals surface area contributed by atoms with Crippen LogP contribution in [-0.2, 0) is 6.42 Å². The van der Waals surface area contributed by atoms with Gasteiger partial charge in [0.1, 0.15) is 11.3 Å². The number of rotatable bonds is 2. The highest BCUT2D eigenvalue weighted by atomic mass is 16.5. The number of benzene rings is 1. The summed E-state index contributed by atoms with van der Waals surface area (Å²) in [6.07, 6.45) is 1.97. The number of nitrogens with zero attached hydrogens (tertiary/aromatic N) is 1. The molecule has 4 nitrogen and oxygen atoms in total. The van der Waals surface area contributed by atoms with Gasteiger partial charge < -0.3 is 9.84 Å². The fourth-order valence-electron chi connectivity index (χ4n) is 2.93. The van der Waals surface area contributed by atoms with Crippen molar-refractivity contribution in [2.45, 2.75) is 39.7 Å². The van der Waals surface area contributed by atoms with Crippen LogP contribution in [0.5, 0.6) is 0 Å². The minimum atomic E-state index is -0.0975. The first kappa shape index (κ1) is 12.9. The van der Waals surface area contributed by atoms with Gasteiger partial charge in [0.2, 0.25) is 0 Å². The molecule has 2 aromatic rings. The lowest BCUT2D eigenvalue weighted by atomic mass is 10.0. The van der Waals surface area contributed by atoms with E-state index in [0.29, 0.717) is 17.0 Å². The summed E-state index contributed by atoms with van der Waals surface area (Å²) in [7, 11) is 0. The number of aryl methyl sites for hydroxylation is 4. The molecule has 1 atom stereocenters. The standard InChI is InChI=1S/C16H18N2O2/c1-9-4-6-13-12(8-9)5-7-14(13)17-16(19)15-10(2)18-20-11(15)3/h4,6,8,14H,5,7H2,1-3H3,(H,17,19). The second kappa shape index (κ2) is 4.78. The smallest absolute Gasteiger partial charge is 0.257 e. The molecule has 1 aliphatic rings. The van der Waals surface area contributed by atoms with E-state index >= 15 is 0 Å². The molecule has 4 heteroatoms. The Morgan fingerprint density at radius 3 is 2.85 bits per heavy atom. The number of hydrogen-bond donors (Lipinski definition) is 1. The van der Waals surface area contributed by atoms with Crippen LogP contribution in [0, 0.1) is 20.8 Å². The highest BCUT2D eigenvalue weighted by molar-refractivity contribution is 5.96. The van der Waals surface area contributed by atoms with Crippen molar-refractivity contribution < 1.29 is 9.32 Å². The summed E-state index contributed by atoms with van der Waals surface area (Å²) in [6, 6.07) is 6.51. The SMILES string of the molecule is Cc1ccc2c(c1)CCC2NC(=O)c1c(C)noc1C. The minimum Gasteiger partial charge on any atom is -0.361 e. The quantitative estimate of drug-likeness (QED) is 0.912. The summed E-state index contributed by atoms with van der Waals surface area (Å²) in [6.45, 7) is 5.65. The fourth-order valence-corrected chi connectivity index (χ4v) is 2.93. The van der Waals surface area contributed by atoms with Gasteiger partial charge in [0, 0.05) is 0 Å². The van der Waals surface area contributed by atoms with Crippen LogP contribution in [0.15, 0.2) is 22.7 Å². The Morgan fingerprint density at radius 2 is 2.15 bits per heavy atom. The molecule has 1 heterocycles. The molecule has 0 aliphatic heterocycles. The first-order chi connectivity index (χ1) is 9.56. The van der Waals surface area contributed by atoms with Gasteiger partial charge in [-0.25, -0.2) is 0 Å². The fraction of sp³-hybridized carbons (Fsp3) is 0.375.